The second kappa shape index (κ2) is 13.8. The van der Waals surface area contributed by atoms with Crippen molar-refractivity contribution in [2.45, 2.75) is 57.5 Å². The molecule has 2 aromatic rings. The summed E-state index contributed by atoms with van der Waals surface area (Å²) in [7, 11) is 6.60. The molecule has 1 saturated heterocycles. The van der Waals surface area contributed by atoms with E-state index in [9.17, 15) is 14.4 Å². The van der Waals surface area contributed by atoms with Crippen LogP contribution in [-0.2, 0) is 27.2 Å². The molecule has 5 rings (SSSR count). The van der Waals surface area contributed by atoms with Gasteiger partial charge in [0, 0.05) is 43.7 Å². The molecular weight excluding hydrogens is 560 g/mol. The number of benzene rings is 2. The van der Waals surface area contributed by atoms with Crippen molar-refractivity contribution in [3.8, 4) is 23.0 Å². The molecule has 3 aliphatic heterocycles. The lowest BCUT2D eigenvalue weighted by Crippen LogP contribution is -2.47. The van der Waals surface area contributed by atoms with E-state index in [0.29, 0.717) is 48.9 Å². The first-order valence-corrected chi connectivity index (χ1v) is 15.5. The maximum Gasteiger partial charge on any atom is 0.247 e. The number of rotatable bonds is 11. The minimum Gasteiger partial charge on any atom is -0.493 e. The molecule has 0 radical (unpaired) electrons. The molecular formula is C35H44N2O7. The number of carbonyl (C=O) groups excluding carboxylic acids is 3. The molecule has 0 aliphatic carbocycles. The Morgan fingerprint density at radius 1 is 0.841 bits per heavy atom. The zero-order valence-corrected chi connectivity index (χ0v) is 26.5. The van der Waals surface area contributed by atoms with Crippen molar-refractivity contribution in [3.63, 3.8) is 0 Å². The fourth-order valence-electron chi connectivity index (χ4n) is 7.57. The Morgan fingerprint density at radius 3 is 2.02 bits per heavy atom. The third kappa shape index (κ3) is 6.07. The van der Waals surface area contributed by atoms with Crippen LogP contribution >= 0.6 is 0 Å². The van der Waals surface area contributed by atoms with Gasteiger partial charge in [-0.1, -0.05) is 13.3 Å². The fourth-order valence-corrected chi connectivity index (χ4v) is 7.57. The number of ether oxygens (including phenoxy) is 4. The lowest BCUT2D eigenvalue weighted by atomic mass is 9.72. The van der Waals surface area contributed by atoms with Gasteiger partial charge < -0.3 is 28.6 Å². The first-order valence-electron chi connectivity index (χ1n) is 15.5. The van der Waals surface area contributed by atoms with E-state index < -0.39 is 0 Å². The minimum absolute atomic E-state index is 0.0823. The zero-order valence-electron chi connectivity index (χ0n) is 26.5. The van der Waals surface area contributed by atoms with E-state index in [2.05, 4.69) is 24.0 Å². The lowest BCUT2D eigenvalue weighted by molar-refractivity contribution is -0.129. The minimum atomic E-state index is -0.246. The third-order valence-corrected chi connectivity index (χ3v) is 9.89. The first-order chi connectivity index (χ1) is 21.4. The van der Waals surface area contributed by atoms with Gasteiger partial charge in [-0.15, -0.1) is 0 Å². The molecule has 0 aromatic heterocycles. The van der Waals surface area contributed by atoms with Crippen LogP contribution in [0, 0.1) is 11.8 Å². The van der Waals surface area contributed by atoms with Crippen LogP contribution < -0.4 is 18.9 Å². The highest BCUT2D eigenvalue weighted by molar-refractivity contribution is 5.95. The van der Waals surface area contributed by atoms with Crippen molar-refractivity contribution in [1.29, 1.82) is 0 Å². The molecule has 4 unspecified atom stereocenters. The average molecular weight is 605 g/mol. The second-order valence-corrected chi connectivity index (χ2v) is 12.0. The van der Waals surface area contributed by atoms with Crippen LogP contribution in [0.15, 0.2) is 35.9 Å². The van der Waals surface area contributed by atoms with Gasteiger partial charge in [0.1, 0.15) is 12.6 Å². The normalized spacial score (nSPS) is 23.1. The summed E-state index contributed by atoms with van der Waals surface area (Å²) in [4.78, 5) is 41.0. The molecule has 44 heavy (non-hydrogen) atoms. The summed E-state index contributed by atoms with van der Waals surface area (Å²) in [6.07, 6.45) is 6.90. The summed E-state index contributed by atoms with van der Waals surface area (Å²) >= 11 is 0. The van der Waals surface area contributed by atoms with Crippen LogP contribution in [0.3, 0.4) is 0 Å². The van der Waals surface area contributed by atoms with E-state index in [1.54, 1.807) is 28.4 Å². The number of carbonyl (C=O) groups is 3. The number of allylic oxidation sites excluding steroid dienone is 1. The Bertz CT molecular complexity index is 1420. The van der Waals surface area contributed by atoms with Gasteiger partial charge >= 0.3 is 0 Å². The Morgan fingerprint density at radius 2 is 1.43 bits per heavy atom. The standard InChI is InChI=1S/C35H44N2O7/c1-6-23-20-36-10-7-24-16-31(41-2)33(43-4)18-27(24)29(36)14-26(23)15-30-28-19-34(44-5)32(42-3)17-25(28)8-11-37(30)35(40)13-22(21-39)9-12-38/h12-13,16-19,21,23,26,29-30H,6-11,14-15,20H2,1-5H3/b22-13-. The van der Waals surface area contributed by atoms with E-state index in [-0.39, 0.29) is 30.0 Å². The summed E-state index contributed by atoms with van der Waals surface area (Å²) in [5, 5.41) is 0. The van der Waals surface area contributed by atoms with Crippen molar-refractivity contribution in [2.24, 2.45) is 11.8 Å². The monoisotopic (exact) mass is 604 g/mol. The molecule has 0 N–H and O–H groups in total. The van der Waals surface area contributed by atoms with Gasteiger partial charge in [0.25, 0.3) is 0 Å². The van der Waals surface area contributed by atoms with Crippen LogP contribution in [0.2, 0.25) is 0 Å². The van der Waals surface area contributed by atoms with Crippen LogP contribution in [0.4, 0.5) is 0 Å². The highest BCUT2D eigenvalue weighted by Gasteiger charge is 2.42. The van der Waals surface area contributed by atoms with Gasteiger partial charge in [-0.25, -0.2) is 0 Å². The lowest BCUT2D eigenvalue weighted by Gasteiger charge is -2.49. The van der Waals surface area contributed by atoms with Crippen molar-refractivity contribution in [3.05, 3.63) is 58.2 Å². The number of nitrogens with zero attached hydrogens (tertiary/aromatic N) is 2. The third-order valence-electron chi connectivity index (χ3n) is 9.89. The molecule has 4 atom stereocenters. The average Bonchev–Trinajstić information content (AvgIpc) is 3.06. The first kappa shape index (κ1) is 31.6. The number of fused-ring (bicyclic) bond motifs is 4. The Balaban J connectivity index is 1.53. The maximum absolute atomic E-state index is 13.7. The number of piperidine rings is 1. The highest BCUT2D eigenvalue weighted by Crippen LogP contribution is 2.49. The molecule has 3 heterocycles. The van der Waals surface area contributed by atoms with E-state index in [1.807, 2.05) is 17.0 Å². The van der Waals surface area contributed by atoms with Crippen LogP contribution in [0.1, 0.15) is 66.9 Å². The number of hydrogen-bond donors (Lipinski definition) is 0. The second-order valence-electron chi connectivity index (χ2n) is 12.0. The highest BCUT2D eigenvalue weighted by atomic mass is 16.5. The van der Waals surface area contributed by atoms with Gasteiger partial charge in [0.05, 0.1) is 34.5 Å². The quantitative estimate of drug-likeness (QED) is 0.264. The summed E-state index contributed by atoms with van der Waals surface area (Å²) in [6, 6.07) is 8.34. The van der Waals surface area contributed by atoms with E-state index >= 15 is 0 Å². The summed E-state index contributed by atoms with van der Waals surface area (Å²) in [6.45, 7) is 4.76. The summed E-state index contributed by atoms with van der Waals surface area (Å²) < 4.78 is 22.6. The summed E-state index contributed by atoms with van der Waals surface area (Å²) in [5.41, 5.74) is 4.96. The fraction of sp³-hybridized carbons (Fsp3) is 0.514. The van der Waals surface area contributed by atoms with Crippen molar-refractivity contribution >= 4 is 18.5 Å². The molecule has 3 aliphatic rings. The van der Waals surface area contributed by atoms with Crippen molar-refractivity contribution in [1.82, 2.24) is 9.80 Å². The number of hydrogen-bond acceptors (Lipinski definition) is 8. The smallest absolute Gasteiger partial charge is 0.247 e. The predicted octanol–water partition coefficient (Wildman–Crippen LogP) is 4.90. The van der Waals surface area contributed by atoms with Gasteiger partial charge in [-0.2, -0.15) is 0 Å². The molecule has 1 fully saturated rings. The van der Waals surface area contributed by atoms with Gasteiger partial charge in [0.15, 0.2) is 23.0 Å². The SMILES string of the molecule is CCC1CN2CCc3cc(OC)c(OC)cc3C2CC1CC1c2cc(OC)c(OC)cc2CCN1C(=O)/C=C(\C=O)CC=O. The number of amides is 1. The Hall–Kier alpha value is -3.85. The van der Waals surface area contributed by atoms with Gasteiger partial charge in [-0.05, 0) is 84.0 Å². The Labute approximate surface area is 260 Å². The number of methoxy groups -OCH3 is 4. The maximum atomic E-state index is 13.7. The molecule has 0 bridgehead atoms. The van der Waals surface area contributed by atoms with Crippen molar-refractivity contribution in [2.75, 3.05) is 48.1 Å². The number of aldehydes is 2. The van der Waals surface area contributed by atoms with Crippen LogP contribution in [0.25, 0.3) is 0 Å². The zero-order chi connectivity index (χ0) is 31.4. The predicted molar refractivity (Wildman–Crippen MR) is 167 cm³/mol. The molecule has 9 heteroatoms. The molecule has 0 saturated carbocycles. The van der Waals surface area contributed by atoms with Gasteiger partial charge in [0.2, 0.25) is 5.91 Å². The van der Waals surface area contributed by atoms with Crippen molar-refractivity contribution < 1.29 is 33.3 Å². The molecule has 236 valence electrons. The summed E-state index contributed by atoms with van der Waals surface area (Å²) in [5.74, 6) is 3.35. The Kier molecular flexibility index (Phi) is 9.93. The van der Waals surface area contributed by atoms with Gasteiger partial charge in [-0.3, -0.25) is 14.5 Å². The molecule has 9 nitrogen and oxygen atoms in total. The van der Waals surface area contributed by atoms with Crippen LogP contribution in [-0.4, -0.2) is 76.4 Å². The molecule has 1 amide bonds. The molecule has 0 spiro atoms. The van der Waals surface area contributed by atoms with Crippen LogP contribution in [0.5, 0.6) is 23.0 Å². The topological polar surface area (TPSA) is 94.6 Å². The largest absolute Gasteiger partial charge is 0.493 e. The van der Waals surface area contributed by atoms with E-state index in [0.717, 1.165) is 61.4 Å². The molecule has 2 aromatic carbocycles. The van der Waals surface area contributed by atoms with E-state index in [1.165, 1.54) is 17.2 Å². The van der Waals surface area contributed by atoms with E-state index in [4.69, 9.17) is 18.9 Å².